The Morgan fingerprint density at radius 1 is 0.947 bits per heavy atom. The zero-order valence-electron chi connectivity index (χ0n) is 20.8. The Bertz CT molecular complexity index is 1400. The number of rotatable bonds is 10. The lowest BCUT2D eigenvalue weighted by Gasteiger charge is -2.32. The van der Waals surface area contributed by atoms with Crippen LogP contribution in [0.3, 0.4) is 0 Å². The summed E-state index contributed by atoms with van der Waals surface area (Å²) in [6.07, 6.45) is 0. The standard InChI is InChI=1S/C26H26Cl3N3O5S/c1-17(26(34)30-2)31(15-20-21(27)10-7-11-22(20)28)25(33)16-32(18-12-13-24(37-3)23(29)14-18)38(35,36)19-8-5-4-6-9-19/h4-14,17H,15-16H2,1-3H3,(H,30,34)/t17-/m0/s1. The highest BCUT2D eigenvalue weighted by Crippen LogP contribution is 2.32. The van der Waals surface area contributed by atoms with Crippen molar-refractivity contribution in [3.8, 4) is 5.75 Å². The first kappa shape index (κ1) is 29.6. The minimum absolute atomic E-state index is 0.0280. The van der Waals surface area contributed by atoms with Crippen LogP contribution in [0.4, 0.5) is 5.69 Å². The summed E-state index contributed by atoms with van der Waals surface area (Å²) in [5.41, 5.74) is 0.557. The van der Waals surface area contributed by atoms with Crippen LogP contribution < -0.4 is 14.4 Å². The maximum absolute atomic E-state index is 13.8. The number of benzene rings is 3. The molecule has 3 rings (SSSR count). The van der Waals surface area contributed by atoms with E-state index in [9.17, 15) is 18.0 Å². The van der Waals surface area contributed by atoms with Crippen LogP contribution >= 0.6 is 34.8 Å². The van der Waals surface area contributed by atoms with Crippen molar-refractivity contribution in [2.45, 2.75) is 24.4 Å². The summed E-state index contributed by atoms with van der Waals surface area (Å²) in [6, 6.07) is 16.0. The number of sulfonamides is 1. The fourth-order valence-electron chi connectivity index (χ4n) is 3.70. The third kappa shape index (κ3) is 6.53. The summed E-state index contributed by atoms with van der Waals surface area (Å²) in [5.74, 6) is -0.781. The predicted octanol–water partition coefficient (Wildman–Crippen LogP) is 5.01. The Morgan fingerprint density at radius 2 is 1.58 bits per heavy atom. The van der Waals surface area contributed by atoms with E-state index in [-0.39, 0.29) is 22.2 Å². The van der Waals surface area contributed by atoms with Gasteiger partial charge >= 0.3 is 0 Å². The Morgan fingerprint density at radius 3 is 2.13 bits per heavy atom. The van der Waals surface area contributed by atoms with Gasteiger partial charge in [-0.3, -0.25) is 13.9 Å². The predicted molar refractivity (Wildman–Crippen MR) is 150 cm³/mol. The molecule has 0 bridgehead atoms. The molecule has 1 atom stereocenters. The van der Waals surface area contributed by atoms with Crippen molar-refractivity contribution >= 4 is 62.3 Å². The van der Waals surface area contributed by atoms with Gasteiger partial charge in [-0.25, -0.2) is 8.42 Å². The van der Waals surface area contributed by atoms with Crippen LogP contribution in [0.1, 0.15) is 12.5 Å². The minimum atomic E-state index is -4.23. The molecular weight excluding hydrogens is 573 g/mol. The number of ether oxygens (including phenoxy) is 1. The molecule has 0 saturated heterocycles. The van der Waals surface area contributed by atoms with E-state index < -0.39 is 34.4 Å². The summed E-state index contributed by atoms with van der Waals surface area (Å²) < 4.78 is 33.6. The third-order valence-corrected chi connectivity index (χ3v) is 8.63. The minimum Gasteiger partial charge on any atom is -0.495 e. The Labute approximate surface area is 237 Å². The van der Waals surface area contributed by atoms with Gasteiger partial charge in [0.05, 0.1) is 22.7 Å². The lowest BCUT2D eigenvalue weighted by molar-refractivity contribution is -0.139. The summed E-state index contributed by atoms with van der Waals surface area (Å²) in [7, 11) is -1.35. The molecule has 0 aromatic heterocycles. The number of likely N-dealkylation sites (N-methyl/N-ethyl adjacent to an activating group) is 1. The second-order valence-electron chi connectivity index (χ2n) is 8.16. The van der Waals surface area contributed by atoms with Crippen molar-refractivity contribution in [3.63, 3.8) is 0 Å². The Balaban J connectivity index is 2.09. The fourth-order valence-corrected chi connectivity index (χ4v) is 5.90. The SMILES string of the molecule is CNC(=O)[C@H](C)N(Cc1c(Cl)cccc1Cl)C(=O)CN(c1ccc(OC)c(Cl)c1)S(=O)(=O)c1ccccc1. The molecule has 0 aliphatic heterocycles. The second kappa shape index (κ2) is 12.7. The van der Waals surface area contributed by atoms with Gasteiger partial charge in [0.2, 0.25) is 11.8 Å². The smallest absolute Gasteiger partial charge is 0.264 e. The van der Waals surface area contributed by atoms with E-state index in [2.05, 4.69) is 5.32 Å². The number of nitrogens with one attached hydrogen (secondary N) is 1. The first-order chi connectivity index (χ1) is 18.0. The van der Waals surface area contributed by atoms with Crippen molar-refractivity contribution in [3.05, 3.63) is 87.4 Å². The van der Waals surface area contributed by atoms with Crippen molar-refractivity contribution in [2.24, 2.45) is 0 Å². The maximum atomic E-state index is 13.8. The van der Waals surface area contributed by atoms with E-state index in [1.54, 1.807) is 36.4 Å². The molecule has 1 N–H and O–H groups in total. The number of anilines is 1. The van der Waals surface area contributed by atoms with Gasteiger partial charge in [0.1, 0.15) is 18.3 Å². The van der Waals surface area contributed by atoms with E-state index >= 15 is 0 Å². The zero-order chi connectivity index (χ0) is 28.0. The molecule has 0 spiro atoms. The van der Waals surface area contributed by atoms with Gasteiger partial charge in [0.15, 0.2) is 0 Å². The largest absolute Gasteiger partial charge is 0.495 e. The topological polar surface area (TPSA) is 96.0 Å². The van der Waals surface area contributed by atoms with Crippen LogP contribution in [0.2, 0.25) is 15.1 Å². The van der Waals surface area contributed by atoms with Gasteiger partial charge in [-0.15, -0.1) is 0 Å². The molecule has 3 aromatic carbocycles. The lowest BCUT2D eigenvalue weighted by atomic mass is 10.1. The quantitative estimate of drug-likeness (QED) is 0.354. The van der Waals surface area contributed by atoms with Gasteiger partial charge in [-0.1, -0.05) is 59.1 Å². The molecule has 0 unspecified atom stereocenters. The Kier molecular flexibility index (Phi) is 9.89. The number of hydrogen-bond donors (Lipinski definition) is 1. The molecule has 202 valence electrons. The van der Waals surface area contributed by atoms with Gasteiger partial charge < -0.3 is 15.0 Å². The number of hydrogen-bond acceptors (Lipinski definition) is 5. The highest BCUT2D eigenvalue weighted by Gasteiger charge is 2.33. The summed E-state index contributed by atoms with van der Waals surface area (Å²) >= 11 is 19.0. The van der Waals surface area contributed by atoms with E-state index in [0.717, 1.165) is 4.31 Å². The molecule has 12 heteroatoms. The van der Waals surface area contributed by atoms with E-state index in [0.29, 0.717) is 21.4 Å². The van der Waals surface area contributed by atoms with Crippen LogP contribution in [-0.2, 0) is 26.2 Å². The molecular formula is C26H26Cl3N3O5S. The Hall–Kier alpha value is -2.98. The second-order valence-corrected chi connectivity index (χ2v) is 11.2. The fraction of sp³-hybridized carbons (Fsp3) is 0.231. The molecule has 2 amide bonds. The maximum Gasteiger partial charge on any atom is 0.264 e. The van der Waals surface area contributed by atoms with Gasteiger partial charge in [0, 0.05) is 29.2 Å². The molecule has 0 radical (unpaired) electrons. The van der Waals surface area contributed by atoms with E-state index in [4.69, 9.17) is 39.5 Å². The van der Waals surface area contributed by atoms with Crippen LogP contribution in [0.15, 0.2) is 71.6 Å². The number of carbonyl (C=O) groups excluding carboxylic acids is 2. The molecule has 0 saturated carbocycles. The van der Waals surface area contributed by atoms with Crippen LogP contribution in [0, 0.1) is 0 Å². The summed E-state index contributed by atoms with van der Waals surface area (Å²) in [6.45, 7) is 0.763. The first-order valence-electron chi connectivity index (χ1n) is 11.4. The number of methoxy groups -OCH3 is 1. The first-order valence-corrected chi connectivity index (χ1v) is 13.9. The lowest BCUT2D eigenvalue weighted by Crippen LogP contribution is -2.50. The van der Waals surface area contributed by atoms with Crippen molar-refractivity contribution < 1.29 is 22.7 Å². The molecule has 0 aliphatic rings. The van der Waals surface area contributed by atoms with Crippen LogP contribution in [-0.4, -0.2) is 51.9 Å². The zero-order valence-corrected chi connectivity index (χ0v) is 23.9. The van der Waals surface area contributed by atoms with Crippen molar-refractivity contribution in [1.82, 2.24) is 10.2 Å². The average molecular weight is 599 g/mol. The van der Waals surface area contributed by atoms with Crippen molar-refractivity contribution in [2.75, 3.05) is 25.0 Å². The monoisotopic (exact) mass is 597 g/mol. The molecule has 38 heavy (non-hydrogen) atoms. The van der Waals surface area contributed by atoms with Crippen LogP contribution in [0.5, 0.6) is 5.75 Å². The molecule has 0 fully saturated rings. The van der Waals surface area contributed by atoms with Gasteiger partial charge in [0.25, 0.3) is 10.0 Å². The van der Waals surface area contributed by atoms with Gasteiger partial charge in [-0.2, -0.15) is 0 Å². The van der Waals surface area contributed by atoms with Crippen molar-refractivity contribution in [1.29, 1.82) is 0 Å². The van der Waals surface area contributed by atoms with Crippen LogP contribution in [0.25, 0.3) is 0 Å². The van der Waals surface area contributed by atoms with E-state index in [1.807, 2.05) is 0 Å². The third-order valence-electron chi connectivity index (χ3n) is 5.84. The normalized spacial score (nSPS) is 11.9. The highest BCUT2D eigenvalue weighted by atomic mass is 35.5. The average Bonchev–Trinajstić information content (AvgIpc) is 2.91. The molecule has 8 nitrogen and oxygen atoms in total. The number of halogens is 3. The molecule has 3 aromatic rings. The summed E-state index contributed by atoms with van der Waals surface area (Å²) in [5, 5.41) is 3.27. The highest BCUT2D eigenvalue weighted by molar-refractivity contribution is 7.92. The number of nitrogens with zero attached hydrogens (tertiary/aromatic N) is 2. The molecule has 0 aliphatic carbocycles. The summed E-state index contributed by atoms with van der Waals surface area (Å²) in [4.78, 5) is 27.6. The van der Waals surface area contributed by atoms with E-state index in [1.165, 1.54) is 56.3 Å². The molecule has 0 heterocycles. The number of amides is 2. The number of carbonyl (C=O) groups is 2. The van der Waals surface area contributed by atoms with Gasteiger partial charge in [-0.05, 0) is 49.4 Å².